The lowest BCUT2D eigenvalue weighted by molar-refractivity contribution is -0.870. The average Bonchev–Trinajstić information content (AvgIpc) is 2.91. The number of ketones is 2. The first kappa shape index (κ1) is 19.0. The molecule has 7 nitrogen and oxygen atoms in total. The Morgan fingerprint density at radius 1 is 1.19 bits per heavy atom. The average molecular weight is 369 g/mol. The standard InChI is InChI=1S/C20H25N4O3/c1-13-6-9-17-19(21-16-8-7-15(25)12-18(16)26)20(22-23(17)14(13)2)27-11-10-24(3,4)5/h6-9H,10-12H2,1-5H3/q+1. The molecule has 0 radical (unpaired) electrons. The molecule has 27 heavy (non-hydrogen) atoms. The maximum Gasteiger partial charge on any atom is 0.260 e. The summed E-state index contributed by atoms with van der Waals surface area (Å²) in [6, 6.07) is 3.91. The molecule has 0 N–H and O–H groups in total. The summed E-state index contributed by atoms with van der Waals surface area (Å²) < 4.78 is 8.49. The second-order valence-electron chi connectivity index (χ2n) is 7.81. The van der Waals surface area contributed by atoms with Gasteiger partial charge in [-0.15, -0.1) is 5.10 Å². The predicted octanol–water partition coefficient (Wildman–Crippen LogP) is 2.21. The molecule has 0 saturated heterocycles. The summed E-state index contributed by atoms with van der Waals surface area (Å²) >= 11 is 0. The number of rotatable bonds is 5. The zero-order valence-corrected chi connectivity index (χ0v) is 16.4. The number of ether oxygens (including phenoxy) is 1. The van der Waals surface area contributed by atoms with E-state index in [1.807, 2.05) is 26.0 Å². The first-order valence-electron chi connectivity index (χ1n) is 8.91. The van der Waals surface area contributed by atoms with Crippen LogP contribution in [0.15, 0.2) is 29.3 Å². The van der Waals surface area contributed by atoms with Crippen molar-refractivity contribution in [3.05, 3.63) is 35.5 Å². The van der Waals surface area contributed by atoms with E-state index < -0.39 is 0 Å². The molecule has 0 fully saturated rings. The number of carbonyl (C=O) groups excluding carboxylic acids is 2. The molecule has 0 saturated carbocycles. The highest BCUT2D eigenvalue weighted by atomic mass is 16.5. The second-order valence-corrected chi connectivity index (χ2v) is 7.81. The minimum absolute atomic E-state index is 0.148. The normalized spacial score (nSPS) is 16.6. The van der Waals surface area contributed by atoms with E-state index in [0.29, 0.717) is 18.2 Å². The number of pyridine rings is 1. The fourth-order valence-corrected chi connectivity index (χ4v) is 2.71. The van der Waals surface area contributed by atoms with E-state index in [4.69, 9.17) is 4.74 Å². The third-order valence-electron chi connectivity index (χ3n) is 4.52. The van der Waals surface area contributed by atoms with E-state index in [1.54, 1.807) is 4.52 Å². The third-order valence-corrected chi connectivity index (χ3v) is 4.52. The van der Waals surface area contributed by atoms with Crippen LogP contribution in [-0.2, 0) is 9.59 Å². The van der Waals surface area contributed by atoms with Gasteiger partial charge in [0, 0.05) is 5.69 Å². The highest BCUT2D eigenvalue weighted by molar-refractivity contribution is 6.50. The Balaban J connectivity index is 2.07. The Kier molecular flexibility index (Phi) is 4.97. The van der Waals surface area contributed by atoms with Gasteiger partial charge in [0.1, 0.15) is 18.9 Å². The third kappa shape index (κ3) is 4.14. The van der Waals surface area contributed by atoms with E-state index >= 15 is 0 Å². The quantitative estimate of drug-likeness (QED) is 0.598. The number of quaternary nitrogens is 1. The van der Waals surface area contributed by atoms with E-state index in [2.05, 4.69) is 31.2 Å². The molecule has 0 aromatic carbocycles. The Morgan fingerprint density at radius 3 is 2.59 bits per heavy atom. The molecular weight excluding hydrogens is 344 g/mol. The van der Waals surface area contributed by atoms with Crippen molar-refractivity contribution < 1.29 is 18.8 Å². The topological polar surface area (TPSA) is 73.0 Å². The number of aliphatic imine (C=N–C) groups is 1. The van der Waals surface area contributed by atoms with Crippen molar-refractivity contribution in [1.82, 2.24) is 9.61 Å². The van der Waals surface area contributed by atoms with Crippen molar-refractivity contribution in [2.45, 2.75) is 20.3 Å². The summed E-state index contributed by atoms with van der Waals surface area (Å²) in [5, 5.41) is 4.58. The lowest BCUT2D eigenvalue weighted by Gasteiger charge is -2.23. The van der Waals surface area contributed by atoms with Crippen molar-refractivity contribution in [2.24, 2.45) is 4.99 Å². The Morgan fingerprint density at radius 2 is 1.93 bits per heavy atom. The number of Topliss-reactive ketones (excluding diaryl/α,β-unsaturated/α-hetero) is 1. The number of allylic oxidation sites excluding steroid dienone is 2. The van der Waals surface area contributed by atoms with Gasteiger partial charge in [0.2, 0.25) is 0 Å². The largest absolute Gasteiger partial charge is 0.469 e. The summed E-state index contributed by atoms with van der Waals surface area (Å²) in [5.74, 6) is -0.101. The molecule has 0 amide bonds. The highest BCUT2D eigenvalue weighted by Gasteiger charge is 2.22. The van der Waals surface area contributed by atoms with Gasteiger partial charge < -0.3 is 9.22 Å². The molecule has 2 aromatic rings. The van der Waals surface area contributed by atoms with Crippen LogP contribution in [0.3, 0.4) is 0 Å². The summed E-state index contributed by atoms with van der Waals surface area (Å²) in [7, 11) is 6.26. The van der Waals surface area contributed by atoms with E-state index in [9.17, 15) is 9.59 Å². The van der Waals surface area contributed by atoms with Gasteiger partial charge in [-0.25, -0.2) is 9.51 Å². The molecule has 0 atom stereocenters. The van der Waals surface area contributed by atoms with Crippen molar-refractivity contribution in [1.29, 1.82) is 0 Å². The smallest absolute Gasteiger partial charge is 0.260 e. The Bertz CT molecular complexity index is 977. The van der Waals surface area contributed by atoms with Gasteiger partial charge in [0.05, 0.1) is 33.1 Å². The van der Waals surface area contributed by atoms with Crippen LogP contribution in [0.25, 0.3) is 5.52 Å². The first-order valence-corrected chi connectivity index (χ1v) is 8.91. The zero-order valence-electron chi connectivity index (χ0n) is 16.4. The van der Waals surface area contributed by atoms with Crippen LogP contribution in [0.1, 0.15) is 17.7 Å². The van der Waals surface area contributed by atoms with E-state index in [1.165, 1.54) is 12.2 Å². The molecule has 3 rings (SSSR count). The van der Waals surface area contributed by atoms with Crippen molar-refractivity contribution in [2.75, 3.05) is 34.3 Å². The monoisotopic (exact) mass is 369 g/mol. The van der Waals surface area contributed by atoms with Crippen molar-refractivity contribution in [3.8, 4) is 5.88 Å². The minimum atomic E-state index is -0.289. The van der Waals surface area contributed by atoms with Gasteiger partial charge in [-0.2, -0.15) is 0 Å². The molecular formula is C20H25N4O3+. The van der Waals surface area contributed by atoms with Crippen molar-refractivity contribution in [3.63, 3.8) is 0 Å². The highest BCUT2D eigenvalue weighted by Crippen LogP contribution is 2.33. The minimum Gasteiger partial charge on any atom is -0.469 e. The number of aryl methyl sites for hydroxylation is 2. The van der Waals surface area contributed by atoms with E-state index in [0.717, 1.165) is 27.8 Å². The molecule has 0 bridgehead atoms. The van der Waals surface area contributed by atoms with Crippen LogP contribution in [-0.4, -0.2) is 65.7 Å². The molecule has 7 heteroatoms. The van der Waals surface area contributed by atoms with Crippen molar-refractivity contribution >= 4 is 28.5 Å². The summed E-state index contributed by atoms with van der Waals surface area (Å²) in [5.41, 5.74) is 3.61. The summed E-state index contributed by atoms with van der Waals surface area (Å²) in [6.45, 7) is 5.27. The molecule has 1 aliphatic carbocycles. The van der Waals surface area contributed by atoms with Crippen LogP contribution >= 0.6 is 0 Å². The Labute approximate surface area is 158 Å². The first-order chi connectivity index (χ1) is 12.7. The molecule has 1 aliphatic rings. The Hall–Kier alpha value is -2.80. The molecule has 142 valence electrons. The maximum absolute atomic E-state index is 12.2. The zero-order chi connectivity index (χ0) is 19.8. The molecule has 2 heterocycles. The van der Waals surface area contributed by atoms with Gasteiger partial charge in [-0.05, 0) is 37.6 Å². The second kappa shape index (κ2) is 7.08. The van der Waals surface area contributed by atoms with Gasteiger partial charge in [-0.1, -0.05) is 6.07 Å². The molecule has 2 aromatic heterocycles. The van der Waals surface area contributed by atoms with Crippen LogP contribution in [0.5, 0.6) is 5.88 Å². The predicted molar refractivity (Wildman–Crippen MR) is 104 cm³/mol. The molecule has 0 spiro atoms. The maximum atomic E-state index is 12.2. The van der Waals surface area contributed by atoms with Crippen LogP contribution in [0.2, 0.25) is 0 Å². The molecule has 0 unspecified atom stereocenters. The number of hydrogen-bond acceptors (Lipinski definition) is 5. The SMILES string of the molecule is Cc1ccc2c(N=C3C=CC(=O)CC3=O)c(OCC[N+](C)(C)C)nn2c1C. The summed E-state index contributed by atoms with van der Waals surface area (Å²) in [6.07, 6.45) is 2.71. The van der Waals surface area contributed by atoms with Gasteiger partial charge >= 0.3 is 0 Å². The lowest BCUT2D eigenvalue weighted by Crippen LogP contribution is -2.38. The lowest BCUT2D eigenvalue weighted by atomic mass is 10.0. The number of nitrogens with zero attached hydrogens (tertiary/aromatic N) is 4. The number of likely N-dealkylation sites (N-methyl/N-ethyl adjacent to an activating group) is 1. The van der Waals surface area contributed by atoms with Crippen LogP contribution in [0.4, 0.5) is 5.69 Å². The van der Waals surface area contributed by atoms with E-state index in [-0.39, 0.29) is 23.7 Å². The van der Waals surface area contributed by atoms with Gasteiger partial charge in [0.25, 0.3) is 5.88 Å². The number of hydrogen-bond donors (Lipinski definition) is 0. The fraction of sp³-hybridized carbons (Fsp3) is 0.400. The van der Waals surface area contributed by atoms with Gasteiger partial charge in [0.15, 0.2) is 17.3 Å². The van der Waals surface area contributed by atoms with Crippen LogP contribution < -0.4 is 4.74 Å². The summed E-state index contributed by atoms with van der Waals surface area (Å²) in [4.78, 5) is 28.1. The number of fused-ring (bicyclic) bond motifs is 1. The molecule has 0 aliphatic heterocycles. The fourth-order valence-electron chi connectivity index (χ4n) is 2.71. The number of aromatic nitrogens is 2. The van der Waals surface area contributed by atoms with Gasteiger partial charge in [-0.3, -0.25) is 9.59 Å². The van der Waals surface area contributed by atoms with Crippen LogP contribution in [0, 0.1) is 13.8 Å². The number of carbonyl (C=O) groups is 2.